The van der Waals surface area contributed by atoms with Crippen molar-refractivity contribution in [2.45, 2.75) is 52.7 Å². The number of anilines is 1. The monoisotopic (exact) mass is 325 g/mol. The second-order valence-corrected chi connectivity index (χ2v) is 7.38. The van der Waals surface area contributed by atoms with Gasteiger partial charge in [-0.2, -0.15) is 0 Å². The van der Waals surface area contributed by atoms with Gasteiger partial charge in [-0.05, 0) is 34.2 Å². The van der Waals surface area contributed by atoms with Crippen LogP contribution in [-0.2, 0) is 14.3 Å². The minimum atomic E-state index is -0.528. The Morgan fingerprint density at radius 1 is 1.50 bits per heavy atom. The Labute approximate surface area is 134 Å². The average molecular weight is 325 g/mol. The number of esters is 1. The lowest BCUT2D eigenvalue weighted by molar-refractivity contribution is -0.178. The first-order chi connectivity index (χ1) is 10.2. The maximum absolute atomic E-state index is 12.2. The first-order valence-corrected chi connectivity index (χ1v) is 8.24. The minimum absolute atomic E-state index is 0.0838. The molecule has 22 heavy (non-hydrogen) atoms. The summed E-state index contributed by atoms with van der Waals surface area (Å²) in [5.74, 6) is -0.548. The molecule has 1 aliphatic rings. The van der Waals surface area contributed by atoms with Gasteiger partial charge in [-0.15, -0.1) is 11.3 Å². The molecule has 0 saturated carbocycles. The summed E-state index contributed by atoms with van der Waals surface area (Å²) in [6.45, 7) is 10.9. The van der Waals surface area contributed by atoms with E-state index in [2.05, 4.69) is 10.3 Å². The number of hydrogen-bond acceptors (Lipinski definition) is 6. The van der Waals surface area contributed by atoms with Crippen LogP contribution < -0.4 is 5.32 Å². The van der Waals surface area contributed by atoms with Crippen LogP contribution in [0.2, 0.25) is 0 Å². The summed E-state index contributed by atoms with van der Waals surface area (Å²) in [6.07, 6.45) is 0.0838. The van der Waals surface area contributed by atoms with Gasteiger partial charge in [0, 0.05) is 11.4 Å². The van der Waals surface area contributed by atoms with Crippen LogP contribution >= 0.6 is 11.3 Å². The van der Waals surface area contributed by atoms with Crippen LogP contribution in [-0.4, -0.2) is 46.5 Å². The fraction of sp³-hybridized carbons (Fsp3) is 0.667. The van der Waals surface area contributed by atoms with Crippen molar-refractivity contribution in [3.8, 4) is 0 Å². The largest absolute Gasteiger partial charge is 0.457 e. The molecule has 0 radical (unpaired) electrons. The summed E-state index contributed by atoms with van der Waals surface area (Å²) < 4.78 is 5.42. The predicted molar refractivity (Wildman–Crippen MR) is 86.0 cm³/mol. The number of ether oxygens (including phenoxy) is 1. The number of aromatic nitrogens is 1. The standard InChI is InChI=1S/C15H23N3O3S/c1-6-18-8-15(4,5)21-13(20)11(18)7-12(19)17-14-16-9(2)10(3)22-14/h11H,6-8H2,1-5H3,(H,16,17,19). The first kappa shape index (κ1) is 16.9. The Morgan fingerprint density at radius 3 is 2.73 bits per heavy atom. The summed E-state index contributed by atoms with van der Waals surface area (Å²) in [6, 6.07) is -0.528. The fourth-order valence-electron chi connectivity index (χ4n) is 2.54. The number of nitrogens with one attached hydrogen (secondary N) is 1. The molecule has 0 aromatic carbocycles. The van der Waals surface area contributed by atoms with Crippen molar-refractivity contribution in [3.63, 3.8) is 0 Å². The Hall–Kier alpha value is -1.47. The molecule has 6 nitrogen and oxygen atoms in total. The van der Waals surface area contributed by atoms with Gasteiger partial charge in [0.1, 0.15) is 11.6 Å². The number of rotatable bonds is 4. The highest BCUT2D eigenvalue weighted by Gasteiger charge is 2.40. The molecule has 2 heterocycles. The van der Waals surface area contributed by atoms with Crippen LogP contribution in [0.25, 0.3) is 0 Å². The molecule has 122 valence electrons. The van der Waals surface area contributed by atoms with Crippen molar-refractivity contribution >= 4 is 28.3 Å². The molecule has 1 unspecified atom stereocenters. The van der Waals surface area contributed by atoms with Gasteiger partial charge in [0.15, 0.2) is 5.13 Å². The van der Waals surface area contributed by atoms with Gasteiger partial charge >= 0.3 is 5.97 Å². The number of carbonyl (C=O) groups excluding carboxylic acids is 2. The number of amides is 1. The predicted octanol–water partition coefficient (Wildman–Crippen LogP) is 2.11. The number of hydrogen-bond donors (Lipinski definition) is 1. The second-order valence-electron chi connectivity index (χ2n) is 6.17. The zero-order valence-electron chi connectivity index (χ0n) is 13.7. The number of aryl methyl sites for hydroxylation is 2. The second kappa shape index (κ2) is 6.34. The van der Waals surface area contributed by atoms with Gasteiger partial charge in [-0.25, -0.2) is 4.98 Å². The van der Waals surface area contributed by atoms with Crippen molar-refractivity contribution < 1.29 is 14.3 Å². The molecule has 0 aliphatic carbocycles. The Morgan fingerprint density at radius 2 is 2.18 bits per heavy atom. The van der Waals surface area contributed by atoms with Crippen molar-refractivity contribution in [2.75, 3.05) is 18.4 Å². The normalized spacial score (nSPS) is 21.5. The highest BCUT2D eigenvalue weighted by atomic mass is 32.1. The Kier molecular flexibility index (Phi) is 4.87. The molecule has 1 aromatic rings. The summed E-state index contributed by atoms with van der Waals surface area (Å²) in [5, 5.41) is 3.35. The summed E-state index contributed by atoms with van der Waals surface area (Å²) in [7, 11) is 0. The highest BCUT2D eigenvalue weighted by Crippen LogP contribution is 2.25. The van der Waals surface area contributed by atoms with Crippen molar-refractivity contribution in [2.24, 2.45) is 0 Å². The van der Waals surface area contributed by atoms with Gasteiger partial charge in [0.05, 0.1) is 12.1 Å². The van der Waals surface area contributed by atoms with Gasteiger partial charge in [-0.3, -0.25) is 14.5 Å². The SMILES string of the molecule is CCN1CC(C)(C)OC(=O)C1CC(=O)Nc1nc(C)c(C)s1. The van der Waals surface area contributed by atoms with Crippen LogP contribution in [0.1, 0.15) is 37.8 Å². The first-order valence-electron chi connectivity index (χ1n) is 7.42. The minimum Gasteiger partial charge on any atom is -0.457 e. The molecule has 0 spiro atoms. The van der Waals surface area contributed by atoms with Crippen LogP contribution in [0.5, 0.6) is 0 Å². The lowest BCUT2D eigenvalue weighted by atomic mass is 10.0. The third kappa shape index (κ3) is 3.84. The number of thiazole rings is 1. The van der Waals surface area contributed by atoms with Gasteiger partial charge in [0.25, 0.3) is 0 Å². The van der Waals surface area contributed by atoms with Crippen LogP contribution in [0, 0.1) is 13.8 Å². The molecule has 2 rings (SSSR count). The zero-order valence-corrected chi connectivity index (χ0v) is 14.5. The molecular weight excluding hydrogens is 302 g/mol. The quantitative estimate of drug-likeness (QED) is 0.859. The van der Waals surface area contributed by atoms with E-state index in [0.717, 1.165) is 10.6 Å². The van der Waals surface area contributed by atoms with Crippen molar-refractivity contribution in [3.05, 3.63) is 10.6 Å². The highest BCUT2D eigenvalue weighted by molar-refractivity contribution is 7.15. The van der Waals surface area contributed by atoms with E-state index in [-0.39, 0.29) is 18.3 Å². The van der Waals surface area contributed by atoms with Crippen molar-refractivity contribution in [1.82, 2.24) is 9.88 Å². The number of nitrogens with zero attached hydrogens (tertiary/aromatic N) is 2. The van der Waals surface area contributed by atoms with E-state index >= 15 is 0 Å². The summed E-state index contributed by atoms with van der Waals surface area (Å²) in [5.41, 5.74) is 0.401. The molecule has 0 bridgehead atoms. The van der Waals surface area contributed by atoms with Gasteiger partial charge in [0.2, 0.25) is 5.91 Å². The van der Waals surface area contributed by atoms with E-state index in [1.165, 1.54) is 11.3 Å². The maximum Gasteiger partial charge on any atom is 0.324 e. The van der Waals surface area contributed by atoms with E-state index in [1.54, 1.807) is 0 Å². The third-order valence-electron chi connectivity index (χ3n) is 3.73. The summed E-state index contributed by atoms with van der Waals surface area (Å²) >= 11 is 1.44. The van der Waals surface area contributed by atoms with E-state index in [1.807, 2.05) is 39.5 Å². The van der Waals surface area contributed by atoms with Crippen LogP contribution in [0.4, 0.5) is 5.13 Å². The zero-order chi connectivity index (χ0) is 16.5. The van der Waals surface area contributed by atoms with Gasteiger partial charge in [-0.1, -0.05) is 6.92 Å². The number of likely N-dealkylation sites (N-methyl/N-ethyl adjacent to an activating group) is 1. The lowest BCUT2D eigenvalue weighted by Gasteiger charge is -2.41. The lowest BCUT2D eigenvalue weighted by Crippen LogP contribution is -2.57. The molecule has 1 amide bonds. The van der Waals surface area contributed by atoms with Crippen LogP contribution in [0.3, 0.4) is 0 Å². The Balaban J connectivity index is 2.02. The molecule has 1 N–H and O–H groups in total. The molecule has 1 aromatic heterocycles. The summed E-state index contributed by atoms with van der Waals surface area (Å²) in [4.78, 5) is 31.7. The Bertz CT molecular complexity index is 563. The smallest absolute Gasteiger partial charge is 0.324 e. The van der Waals surface area contributed by atoms with E-state index < -0.39 is 11.6 Å². The molecule has 1 atom stereocenters. The topological polar surface area (TPSA) is 71.5 Å². The number of carbonyl (C=O) groups is 2. The van der Waals surface area contributed by atoms with Crippen LogP contribution in [0.15, 0.2) is 0 Å². The molecule has 1 fully saturated rings. The number of cyclic esters (lactones) is 1. The maximum atomic E-state index is 12.2. The van der Waals surface area contributed by atoms with Crippen molar-refractivity contribution in [1.29, 1.82) is 0 Å². The van der Waals surface area contributed by atoms with E-state index in [4.69, 9.17) is 4.74 Å². The van der Waals surface area contributed by atoms with E-state index in [9.17, 15) is 9.59 Å². The molecular formula is C15H23N3O3S. The fourth-order valence-corrected chi connectivity index (χ4v) is 3.37. The molecule has 1 aliphatic heterocycles. The molecule has 1 saturated heterocycles. The van der Waals surface area contributed by atoms with E-state index in [0.29, 0.717) is 18.2 Å². The number of morpholine rings is 1. The third-order valence-corrected chi connectivity index (χ3v) is 4.72. The molecule has 7 heteroatoms. The van der Waals surface area contributed by atoms with Gasteiger partial charge < -0.3 is 10.1 Å². The average Bonchev–Trinajstić information content (AvgIpc) is 2.70.